The Hall–Kier alpha value is -1.36. The Morgan fingerprint density at radius 1 is 1.38 bits per heavy atom. The fraction of sp³-hybridized carbons (Fsp3) is 0.750. The van der Waals surface area contributed by atoms with Crippen molar-refractivity contribution in [2.45, 2.75) is 46.1 Å². The van der Waals surface area contributed by atoms with Crippen LogP contribution in [0, 0.1) is 11.3 Å². The maximum Gasteiger partial charge on any atom is 0.240 e. The van der Waals surface area contributed by atoms with Crippen LogP contribution in [0.1, 0.15) is 51.8 Å². The van der Waals surface area contributed by atoms with Crippen molar-refractivity contribution in [1.82, 2.24) is 15.3 Å². The van der Waals surface area contributed by atoms with E-state index in [1.807, 2.05) is 0 Å². The molecular formula is C16H27N3O2. The van der Waals surface area contributed by atoms with E-state index in [9.17, 15) is 0 Å². The summed E-state index contributed by atoms with van der Waals surface area (Å²) >= 11 is 0. The van der Waals surface area contributed by atoms with Crippen LogP contribution in [0.2, 0.25) is 0 Å². The summed E-state index contributed by atoms with van der Waals surface area (Å²) in [5, 5.41) is 3.59. The van der Waals surface area contributed by atoms with Crippen molar-refractivity contribution in [3.8, 4) is 11.8 Å². The number of hydrogen-bond donors (Lipinski definition) is 1. The van der Waals surface area contributed by atoms with Gasteiger partial charge in [0.25, 0.3) is 0 Å². The summed E-state index contributed by atoms with van der Waals surface area (Å²) in [6.07, 6.45) is 5.41. The van der Waals surface area contributed by atoms with E-state index in [1.165, 1.54) is 19.3 Å². The first-order valence-corrected chi connectivity index (χ1v) is 7.71. The van der Waals surface area contributed by atoms with Crippen LogP contribution in [-0.2, 0) is 0 Å². The lowest BCUT2D eigenvalue weighted by Crippen LogP contribution is -2.35. The SMILES string of the molecule is CCNC(c1ncc(OC)nc1OC)C1CCCC1(C)C. The molecule has 0 amide bonds. The van der Waals surface area contributed by atoms with E-state index in [4.69, 9.17) is 9.47 Å². The monoisotopic (exact) mass is 293 g/mol. The van der Waals surface area contributed by atoms with E-state index in [0.717, 1.165) is 12.2 Å². The van der Waals surface area contributed by atoms with Gasteiger partial charge >= 0.3 is 0 Å². The van der Waals surface area contributed by atoms with E-state index in [2.05, 4.69) is 36.1 Å². The summed E-state index contributed by atoms with van der Waals surface area (Å²) in [4.78, 5) is 8.96. The highest BCUT2D eigenvalue weighted by Gasteiger charge is 2.41. The van der Waals surface area contributed by atoms with Crippen LogP contribution in [0.25, 0.3) is 0 Å². The van der Waals surface area contributed by atoms with Gasteiger partial charge in [0.1, 0.15) is 5.69 Å². The molecule has 2 atom stereocenters. The molecule has 0 aliphatic heterocycles. The number of rotatable bonds is 6. The standard InChI is InChI=1S/C16H27N3O2/c1-6-17-13(11-8-7-9-16(11,2)3)14-15(21-5)19-12(20-4)10-18-14/h10-11,13,17H,6-9H2,1-5H3. The molecule has 0 saturated heterocycles. The lowest BCUT2D eigenvalue weighted by Gasteiger charge is -2.34. The summed E-state index contributed by atoms with van der Waals surface area (Å²) in [7, 11) is 3.22. The van der Waals surface area contributed by atoms with Gasteiger partial charge in [0.2, 0.25) is 11.8 Å². The van der Waals surface area contributed by atoms with Gasteiger partial charge in [-0.2, -0.15) is 4.98 Å². The molecule has 118 valence electrons. The molecule has 1 aliphatic rings. The molecule has 5 heteroatoms. The van der Waals surface area contributed by atoms with Crippen molar-refractivity contribution in [2.24, 2.45) is 11.3 Å². The van der Waals surface area contributed by atoms with Crippen LogP contribution in [-0.4, -0.2) is 30.7 Å². The number of ether oxygens (including phenoxy) is 2. The molecule has 1 saturated carbocycles. The molecule has 1 fully saturated rings. The summed E-state index contributed by atoms with van der Waals surface area (Å²) in [6, 6.07) is 0.167. The molecule has 0 aromatic carbocycles. The van der Waals surface area contributed by atoms with Gasteiger partial charge in [-0.3, -0.25) is 0 Å². The second kappa shape index (κ2) is 6.60. The molecule has 2 rings (SSSR count). The van der Waals surface area contributed by atoms with Crippen molar-refractivity contribution >= 4 is 0 Å². The minimum Gasteiger partial charge on any atom is -0.480 e. The van der Waals surface area contributed by atoms with Crippen molar-refractivity contribution in [2.75, 3.05) is 20.8 Å². The van der Waals surface area contributed by atoms with Crippen LogP contribution < -0.4 is 14.8 Å². The number of nitrogens with one attached hydrogen (secondary N) is 1. The maximum atomic E-state index is 5.45. The van der Waals surface area contributed by atoms with E-state index in [-0.39, 0.29) is 6.04 Å². The van der Waals surface area contributed by atoms with Gasteiger partial charge in [-0.25, -0.2) is 4.98 Å². The lowest BCUT2D eigenvalue weighted by atomic mass is 9.76. The van der Waals surface area contributed by atoms with Gasteiger partial charge in [-0.15, -0.1) is 0 Å². The largest absolute Gasteiger partial charge is 0.480 e. The molecule has 1 aromatic heterocycles. The average Bonchev–Trinajstić information content (AvgIpc) is 2.83. The second-order valence-corrected chi connectivity index (χ2v) is 6.33. The van der Waals surface area contributed by atoms with E-state index >= 15 is 0 Å². The topological polar surface area (TPSA) is 56.3 Å². The zero-order valence-electron chi connectivity index (χ0n) is 13.8. The molecule has 1 aliphatic carbocycles. The number of aromatic nitrogens is 2. The first kappa shape index (κ1) is 16.0. The van der Waals surface area contributed by atoms with Crippen molar-refractivity contribution in [3.05, 3.63) is 11.9 Å². The third-order valence-electron chi connectivity index (χ3n) is 4.61. The van der Waals surface area contributed by atoms with Gasteiger partial charge in [-0.1, -0.05) is 27.2 Å². The second-order valence-electron chi connectivity index (χ2n) is 6.33. The van der Waals surface area contributed by atoms with Gasteiger partial charge in [0.05, 0.1) is 26.5 Å². The molecule has 0 radical (unpaired) electrons. The first-order valence-electron chi connectivity index (χ1n) is 7.71. The highest BCUT2D eigenvalue weighted by atomic mass is 16.5. The first-order chi connectivity index (χ1) is 10.0. The van der Waals surface area contributed by atoms with Crippen molar-refractivity contribution in [3.63, 3.8) is 0 Å². The van der Waals surface area contributed by atoms with Crippen LogP contribution in [0.5, 0.6) is 11.8 Å². The highest BCUT2D eigenvalue weighted by molar-refractivity contribution is 5.27. The molecule has 5 nitrogen and oxygen atoms in total. The van der Waals surface area contributed by atoms with Gasteiger partial charge < -0.3 is 14.8 Å². The van der Waals surface area contributed by atoms with Gasteiger partial charge in [-0.05, 0) is 30.7 Å². The van der Waals surface area contributed by atoms with Gasteiger partial charge in [0, 0.05) is 0 Å². The Morgan fingerprint density at radius 2 is 2.14 bits per heavy atom. The molecule has 1 aromatic rings. The fourth-order valence-corrected chi connectivity index (χ4v) is 3.45. The zero-order valence-corrected chi connectivity index (χ0v) is 13.8. The van der Waals surface area contributed by atoms with E-state index in [1.54, 1.807) is 20.4 Å². The van der Waals surface area contributed by atoms with Crippen LogP contribution in [0.4, 0.5) is 0 Å². The molecule has 1 N–H and O–H groups in total. The minimum atomic E-state index is 0.167. The van der Waals surface area contributed by atoms with Crippen LogP contribution >= 0.6 is 0 Å². The lowest BCUT2D eigenvalue weighted by molar-refractivity contribution is 0.192. The quantitative estimate of drug-likeness (QED) is 0.874. The van der Waals surface area contributed by atoms with Crippen LogP contribution in [0.15, 0.2) is 6.20 Å². The van der Waals surface area contributed by atoms with Crippen molar-refractivity contribution in [1.29, 1.82) is 0 Å². The Morgan fingerprint density at radius 3 is 2.67 bits per heavy atom. The van der Waals surface area contributed by atoms with Crippen molar-refractivity contribution < 1.29 is 9.47 Å². The zero-order chi connectivity index (χ0) is 15.5. The van der Waals surface area contributed by atoms with Crippen LogP contribution in [0.3, 0.4) is 0 Å². The summed E-state index contributed by atoms with van der Waals surface area (Å²) in [6.45, 7) is 7.71. The maximum absolute atomic E-state index is 5.45. The predicted molar refractivity (Wildman–Crippen MR) is 82.7 cm³/mol. The Balaban J connectivity index is 2.38. The molecule has 0 spiro atoms. The summed E-state index contributed by atoms with van der Waals surface area (Å²) < 4.78 is 10.6. The number of nitrogens with zero attached hydrogens (tertiary/aromatic N) is 2. The normalized spacial score (nSPS) is 22.0. The number of methoxy groups -OCH3 is 2. The smallest absolute Gasteiger partial charge is 0.240 e. The van der Waals surface area contributed by atoms with E-state index in [0.29, 0.717) is 23.1 Å². The molecule has 21 heavy (non-hydrogen) atoms. The number of hydrogen-bond acceptors (Lipinski definition) is 5. The Bertz CT molecular complexity index is 477. The predicted octanol–water partition coefficient (Wildman–Crippen LogP) is 2.97. The Kier molecular flexibility index (Phi) is 5.04. The molecule has 1 heterocycles. The van der Waals surface area contributed by atoms with Gasteiger partial charge in [0.15, 0.2) is 0 Å². The Labute approximate surface area is 127 Å². The highest BCUT2D eigenvalue weighted by Crippen LogP contribution is 2.49. The van der Waals surface area contributed by atoms with E-state index < -0.39 is 0 Å². The third-order valence-corrected chi connectivity index (χ3v) is 4.61. The molecular weight excluding hydrogens is 266 g/mol. The minimum absolute atomic E-state index is 0.167. The summed E-state index contributed by atoms with van der Waals surface area (Å²) in [5.41, 5.74) is 1.19. The summed E-state index contributed by atoms with van der Waals surface area (Å²) in [5.74, 6) is 1.58. The molecule has 2 unspecified atom stereocenters. The third kappa shape index (κ3) is 3.28. The molecule has 0 bridgehead atoms. The fourth-order valence-electron chi connectivity index (χ4n) is 3.45. The average molecular weight is 293 g/mol.